The van der Waals surface area contributed by atoms with Crippen LogP contribution in [0.4, 0.5) is 5.82 Å². The van der Waals surface area contributed by atoms with Gasteiger partial charge in [-0.25, -0.2) is 9.97 Å². The Balaban J connectivity index is 3.20. The Morgan fingerprint density at radius 1 is 1.27 bits per heavy atom. The molecule has 0 radical (unpaired) electrons. The molecular formula is C11H18BrN3. The Morgan fingerprint density at radius 3 is 2.40 bits per heavy atom. The van der Waals surface area contributed by atoms with Crippen LogP contribution < -0.4 is 5.32 Å². The summed E-state index contributed by atoms with van der Waals surface area (Å²) in [6.45, 7) is 9.29. The highest BCUT2D eigenvalue weighted by Crippen LogP contribution is 2.28. The van der Waals surface area contributed by atoms with Gasteiger partial charge >= 0.3 is 0 Å². The van der Waals surface area contributed by atoms with E-state index in [0.29, 0.717) is 5.92 Å². The normalized spacial score (nSPS) is 10.8. The van der Waals surface area contributed by atoms with Crippen molar-refractivity contribution in [2.75, 3.05) is 11.9 Å². The van der Waals surface area contributed by atoms with E-state index < -0.39 is 0 Å². The molecule has 1 rings (SSSR count). The fourth-order valence-electron chi connectivity index (χ4n) is 1.34. The van der Waals surface area contributed by atoms with Crippen LogP contribution in [0.5, 0.6) is 0 Å². The molecule has 0 amide bonds. The third-order valence-corrected chi connectivity index (χ3v) is 2.91. The van der Waals surface area contributed by atoms with Crippen molar-refractivity contribution in [3.63, 3.8) is 0 Å². The number of nitrogens with zero attached hydrogens (tertiary/aromatic N) is 2. The number of aryl methyl sites for hydroxylation is 1. The van der Waals surface area contributed by atoms with Crippen LogP contribution >= 0.6 is 15.9 Å². The molecular weight excluding hydrogens is 254 g/mol. The van der Waals surface area contributed by atoms with Gasteiger partial charge in [0, 0.05) is 13.0 Å². The van der Waals surface area contributed by atoms with E-state index in [0.717, 1.165) is 34.8 Å². The van der Waals surface area contributed by atoms with Gasteiger partial charge in [0.15, 0.2) is 0 Å². The lowest BCUT2D eigenvalue weighted by atomic mass is 10.1. The number of rotatable bonds is 4. The monoisotopic (exact) mass is 271 g/mol. The largest absolute Gasteiger partial charge is 0.369 e. The van der Waals surface area contributed by atoms with Crippen LogP contribution in [0, 0.1) is 0 Å². The third-order valence-electron chi connectivity index (χ3n) is 2.13. The molecule has 1 aromatic rings. The molecule has 0 fully saturated rings. The highest BCUT2D eigenvalue weighted by molar-refractivity contribution is 9.10. The van der Waals surface area contributed by atoms with Gasteiger partial charge in [-0.05, 0) is 28.8 Å². The molecule has 0 atom stereocenters. The number of hydrogen-bond donors (Lipinski definition) is 1. The second-order valence-corrected chi connectivity index (χ2v) is 4.52. The minimum absolute atomic E-state index is 0.407. The smallest absolute Gasteiger partial charge is 0.144 e. The molecule has 0 bridgehead atoms. The molecule has 84 valence electrons. The second kappa shape index (κ2) is 5.45. The average Bonchev–Trinajstić information content (AvgIpc) is 2.21. The first kappa shape index (κ1) is 12.4. The molecule has 0 aromatic carbocycles. The van der Waals surface area contributed by atoms with Gasteiger partial charge in [-0.3, -0.25) is 0 Å². The molecule has 0 aliphatic rings. The van der Waals surface area contributed by atoms with E-state index in [2.05, 4.69) is 58.9 Å². The van der Waals surface area contributed by atoms with Crippen LogP contribution in [0.3, 0.4) is 0 Å². The Labute approximate surface area is 99.8 Å². The lowest BCUT2D eigenvalue weighted by Gasteiger charge is -2.13. The minimum atomic E-state index is 0.407. The first-order valence-corrected chi connectivity index (χ1v) is 6.19. The predicted molar refractivity (Wildman–Crippen MR) is 67.4 cm³/mol. The first-order valence-electron chi connectivity index (χ1n) is 5.40. The van der Waals surface area contributed by atoms with Crippen LogP contribution in [-0.2, 0) is 6.42 Å². The van der Waals surface area contributed by atoms with Gasteiger partial charge in [0.1, 0.15) is 11.6 Å². The number of nitrogens with one attached hydrogen (secondary N) is 1. The molecule has 3 nitrogen and oxygen atoms in total. The Morgan fingerprint density at radius 2 is 1.93 bits per heavy atom. The van der Waals surface area contributed by atoms with Gasteiger partial charge in [-0.15, -0.1) is 0 Å². The van der Waals surface area contributed by atoms with Crippen molar-refractivity contribution >= 4 is 21.7 Å². The van der Waals surface area contributed by atoms with Crippen molar-refractivity contribution in [2.45, 2.75) is 40.0 Å². The first-order chi connectivity index (χ1) is 7.10. The van der Waals surface area contributed by atoms with E-state index in [1.807, 2.05) is 0 Å². The second-order valence-electron chi connectivity index (χ2n) is 3.73. The van der Waals surface area contributed by atoms with Gasteiger partial charge in [0.25, 0.3) is 0 Å². The minimum Gasteiger partial charge on any atom is -0.369 e. The fourth-order valence-corrected chi connectivity index (χ4v) is 2.11. The van der Waals surface area contributed by atoms with Crippen LogP contribution in [0.1, 0.15) is 45.1 Å². The Kier molecular flexibility index (Phi) is 4.51. The summed E-state index contributed by atoms with van der Waals surface area (Å²) in [4.78, 5) is 8.99. The summed E-state index contributed by atoms with van der Waals surface area (Å²) < 4.78 is 0.997. The lowest BCUT2D eigenvalue weighted by Crippen LogP contribution is -2.08. The van der Waals surface area contributed by atoms with E-state index in [9.17, 15) is 0 Å². The Bertz CT molecular complexity index is 337. The maximum absolute atomic E-state index is 4.54. The molecule has 0 aliphatic heterocycles. The standard InChI is InChI=1S/C11H18BrN3/c1-5-8-14-10(7(3)4)9(12)11(15-8)13-6-2/h7H,5-6H2,1-4H3,(H,13,14,15). The maximum atomic E-state index is 4.54. The van der Waals surface area contributed by atoms with Crippen LogP contribution in [-0.4, -0.2) is 16.5 Å². The van der Waals surface area contributed by atoms with Gasteiger partial charge < -0.3 is 5.32 Å². The number of anilines is 1. The van der Waals surface area contributed by atoms with Crippen LogP contribution in [0.25, 0.3) is 0 Å². The van der Waals surface area contributed by atoms with Crippen molar-refractivity contribution in [3.8, 4) is 0 Å². The zero-order valence-electron chi connectivity index (χ0n) is 9.76. The highest BCUT2D eigenvalue weighted by atomic mass is 79.9. The maximum Gasteiger partial charge on any atom is 0.144 e. The van der Waals surface area contributed by atoms with Crippen molar-refractivity contribution in [1.29, 1.82) is 0 Å². The Hall–Kier alpha value is -0.640. The molecule has 0 spiro atoms. The molecule has 4 heteroatoms. The fraction of sp³-hybridized carbons (Fsp3) is 0.636. The predicted octanol–water partition coefficient (Wildman–Crippen LogP) is 3.36. The van der Waals surface area contributed by atoms with Gasteiger partial charge in [0.2, 0.25) is 0 Å². The van der Waals surface area contributed by atoms with Gasteiger partial charge in [-0.1, -0.05) is 20.8 Å². The van der Waals surface area contributed by atoms with E-state index in [1.54, 1.807) is 0 Å². The van der Waals surface area contributed by atoms with E-state index in [4.69, 9.17) is 0 Å². The SMILES string of the molecule is CCNc1nc(CC)nc(C(C)C)c1Br. The van der Waals surface area contributed by atoms with Crippen molar-refractivity contribution in [2.24, 2.45) is 0 Å². The molecule has 0 saturated heterocycles. The molecule has 1 heterocycles. The van der Waals surface area contributed by atoms with Crippen molar-refractivity contribution in [1.82, 2.24) is 9.97 Å². The summed E-state index contributed by atoms with van der Waals surface area (Å²) in [7, 11) is 0. The summed E-state index contributed by atoms with van der Waals surface area (Å²) >= 11 is 3.56. The summed E-state index contributed by atoms with van der Waals surface area (Å²) in [6, 6.07) is 0. The summed E-state index contributed by atoms with van der Waals surface area (Å²) in [5.74, 6) is 2.22. The van der Waals surface area contributed by atoms with E-state index >= 15 is 0 Å². The number of halogens is 1. The topological polar surface area (TPSA) is 37.8 Å². The molecule has 0 aliphatic carbocycles. The summed E-state index contributed by atoms with van der Waals surface area (Å²) in [5, 5.41) is 3.25. The number of hydrogen-bond acceptors (Lipinski definition) is 3. The summed E-state index contributed by atoms with van der Waals surface area (Å²) in [6.07, 6.45) is 0.866. The number of aromatic nitrogens is 2. The third kappa shape index (κ3) is 2.91. The van der Waals surface area contributed by atoms with E-state index in [1.165, 1.54) is 0 Å². The zero-order valence-corrected chi connectivity index (χ0v) is 11.3. The highest BCUT2D eigenvalue weighted by Gasteiger charge is 2.13. The summed E-state index contributed by atoms with van der Waals surface area (Å²) in [5.41, 5.74) is 1.08. The lowest BCUT2D eigenvalue weighted by molar-refractivity contribution is 0.779. The van der Waals surface area contributed by atoms with Crippen LogP contribution in [0.15, 0.2) is 4.47 Å². The van der Waals surface area contributed by atoms with Crippen molar-refractivity contribution in [3.05, 3.63) is 16.0 Å². The zero-order chi connectivity index (χ0) is 11.4. The molecule has 1 N–H and O–H groups in total. The van der Waals surface area contributed by atoms with E-state index in [-0.39, 0.29) is 0 Å². The van der Waals surface area contributed by atoms with Crippen LogP contribution in [0.2, 0.25) is 0 Å². The van der Waals surface area contributed by atoms with Crippen molar-refractivity contribution < 1.29 is 0 Å². The molecule has 1 aromatic heterocycles. The van der Waals surface area contributed by atoms with Gasteiger partial charge in [0.05, 0.1) is 10.2 Å². The molecule has 15 heavy (non-hydrogen) atoms. The van der Waals surface area contributed by atoms with Gasteiger partial charge in [-0.2, -0.15) is 0 Å². The quantitative estimate of drug-likeness (QED) is 0.913. The molecule has 0 saturated carbocycles. The average molecular weight is 272 g/mol. The molecule has 0 unspecified atom stereocenters.